The molecule has 0 radical (unpaired) electrons. The van der Waals surface area contributed by atoms with Gasteiger partial charge in [-0.05, 0) is 19.3 Å². The molecule has 1 fully saturated rings. The Bertz CT molecular complexity index is 366. The van der Waals surface area contributed by atoms with Gasteiger partial charge in [0.25, 0.3) is 0 Å². The predicted octanol–water partition coefficient (Wildman–Crippen LogP) is -0.333. The van der Waals surface area contributed by atoms with Gasteiger partial charge in [0, 0.05) is 6.54 Å². The SMILES string of the molecule is ON1CC[C@@]2(O)c3nonc3CC[C@@H]12. The number of rotatable bonds is 0. The van der Waals surface area contributed by atoms with Gasteiger partial charge >= 0.3 is 0 Å². The third-order valence-electron chi connectivity index (χ3n) is 3.25. The summed E-state index contributed by atoms with van der Waals surface area (Å²) in [6.45, 7) is 0.466. The average Bonchev–Trinajstić information content (AvgIpc) is 2.72. The molecule has 0 amide bonds. The summed E-state index contributed by atoms with van der Waals surface area (Å²) in [4.78, 5) is 0. The molecule has 2 atom stereocenters. The first-order valence-corrected chi connectivity index (χ1v) is 4.71. The molecule has 2 aliphatic rings. The molecule has 0 saturated carbocycles. The summed E-state index contributed by atoms with van der Waals surface area (Å²) >= 11 is 0. The van der Waals surface area contributed by atoms with Crippen LogP contribution in [0.3, 0.4) is 0 Å². The van der Waals surface area contributed by atoms with E-state index >= 15 is 0 Å². The molecule has 3 rings (SSSR count). The molecule has 1 aromatic heterocycles. The highest BCUT2D eigenvalue weighted by Crippen LogP contribution is 2.42. The van der Waals surface area contributed by atoms with E-state index in [0.717, 1.165) is 5.69 Å². The highest BCUT2D eigenvalue weighted by Gasteiger charge is 2.52. The van der Waals surface area contributed by atoms with Gasteiger partial charge in [0.1, 0.15) is 17.0 Å². The van der Waals surface area contributed by atoms with Crippen LogP contribution in [0.25, 0.3) is 0 Å². The van der Waals surface area contributed by atoms with Crippen LogP contribution in [0.15, 0.2) is 4.63 Å². The van der Waals surface area contributed by atoms with Gasteiger partial charge in [-0.2, -0.15) is 5.06 Å². The number of hydroxylamine groups is 2. The molecule has 0 spiro atoms. The normalized spacial score (nSPS) is 36.9. The zero-order chi connectivity index (χ0) is 9.76. The van der Waals surface area contributed by atoms with E-state index in [2.05, 4.69) is 14.9 Å². The Morgan fingerprint density at radius 3 is 3.21 bits per heavy atom. The highest BCUT2D eigenvalue weighted by atomic mass is 16.6. The molecule has 2 N–H and O–H groups in total. The van der Waals surface area contributed by atoms with Crippen LogP contribution in [0.4, 0.5) is 0 Å². The number of aryl methyl sites for hydroxylation is 1. The Hall–Kier alpha value is -0.980. The summed E-state index contributed by atoms with van der Waals surface area (Å²) in [7, 11) is 0. The van der Waals surface area contributed by atoms with Gasteiger partial charge in [0.2, 0.25) is 0 Å². The number of hydrogen-bond donors (Lipinski definition) is 2. The van der Waals surface area contributed by atoms with E-state index in [1.165, 1.54) is 5.06 Å². The van der Waals surface area contributed by atoms with Crippen molar-refractivity contribution < 1.29 is 14.9 Å². The van der Waals surface area contributed by atoms with E-state index in [9.17, 15) is 10.3 Å². The number of aliphatic hydroxyl groups is 1. The second-order valence-electron chi connectivity index (χ2n) is 3.95. The summed E-state index contributed by atoms with van der Waals surface area (Å²) in [6, 6.07) is -0.262. The van der Waals surface area contributed by atoms with Crippen LogP contribution in [0, 0.1) is 0 Å². The molecule has 1 saturated heterocycles. The summed E-state index contributed by atoms with van der Waals surface area (Å²) in [5.41, 5.74) is 0.159. The van der Waals surface area contributed by atoms with E-state index in [1.54, 1.807) is 0 Å². The molecular formula is C8H11N3O3. The minimum atomic E-state index is -1.07. The summed E-state index contributed by atoms with van der Waals surface area (Å²) in [5.74, 6) is 0. The lowest BCUT2D eigenvalue weighted by Gasteiger charge is -2.33. The second kappa shape index (κ2) is 2.53. The summed E-state index contributed by atoms with van der Waals surface area (Å²) in [5, 5.41) is 28.6. The van der Waals surface area contributed by atoms with Crippen LogP contribution in [0.2, 0.25) is 0 Å². The number of aromatic nitrogens is 2. The van der Waals surface area contributed by atoms with Crippen LogP contribution in [0.1, 0.15) is 24.2 Å². The van der Waals surface area contributed by atoms with Crippen LogP contribution in [-0.2, 0) is 12.0 Å². The minimum Gasteiger partial charge on any atom is -0.382 e. The number of fused-ring (bicyclic) bond motifs is 3. The maximum absolute atomic E-state index is 10.4. The Balaban J connectivity index is 2.11. The van der Waals surface area contributed by atoms with Gasteiger partial charge in [-0.25, -0.2) is 4.63 Å². The zero-order valence-electron chi connectivity index (χ0n) is 7.55. The molecule has 14 heavy (non-hydrogen) atoms. The molecule has 1 aliphatic carbocycles. The van der Waals surface area contributed by atoms with E-state index < -0.39 is 5.60 Å². The van der Waals surface area contributed by atoms with E-state index in [-0.39, 0.29) is 6.04 Å². The van der Waals surface area contributed by atoms with E-state index in [1.807, 2.05) is 0 Å². The smallest absolute Gasteiger partial charge is 0.141 e. The van der Waals surface area contributed by atoms with Crippen LogP contribution < -0.4 is 0 Å². The van der Waals surface area contributed by atoms with Crippen molar-refractivity contribution in [2.24, 2.45) is 0 Å². The lowest BCUT2D eigenvalue weighted by Crippen LogP contribution is -2.45. The second-order valence-corrected chi connectivity index (χ2v) is 3.95. The Kier molecular flexibility index (Phi) is 1.51. The maximum Gasteiger partial charge on any atom is 0.141 e. The van der Waals surface area contributed by atoms with Crippen molar-refractivity contribution in [2.45, 2.75) is 30.9 Å². The van der Waals surface area contributed by atoms with Gasteiger partial charge in [0.05, 0.1) is 6.04 Å². The maximum atomic E-state index is 10.4. The van der Waals surface area contributed by atoms with Crippen molar-refractivity contribution in [1.82, 2.24) is 15.4 Å². The molecule has 1 aromatic rings. The van der Waals surface area contributed by atoms with Crippen LogP contribution >= 0.6 is 0 Å². The van der Waals surface area contributed by atoms with Crippen molar-refractivity contribution in [3.8, 4) is 0 Å². The first-order chi connectivity index (χ1) is 6.72. The first-order valence-electron chi connectivity index (χ1n) is 4.71. The fraction of sp³-hybridized carbons (Fsp3) is 0.750. The molecule has 76 valence electrons. The molecule has 0 unspecified atom stereocenters. The third kappa shape index (κ3) is 0.853. The zero-order valence-corrected chi connectivity index (χ0v) is 7.55. The quantitative estimate of drug-likeness (QED) is 0.592. The highest BCUT2D eigenvalue weighted by molar-refractivity contribution is 5.25. The predicted molar refractivity (Wildman–Crippen MR) is 43.4 cm³/mol. The number of nitrogens with zero attached hydrogens (tertiary/aromatic N) is 3. The summed E-state index contributed by atoms with van der Waals surface area (Å²) in [6.07, 6.45) is 1.87. The molecular weight excluding hydrogens is 186 g/mol. The van der Waals surface area contributed by atoms with Crippen molar-refractivity contribution in [3.05, 3.63) is 11.4 Å². The molecule has 0 bridgehead atoms. The van der Waals surface area contributed by atoms with Crippen LogP contribution in [0.5, 0.6) is 0 Å². The lowest BCUT2D eigenvalue weighted by molar-refractivity contribution is -0.144. The summed E-state index contributed by atoms with van der Waals surface area (Å²) < 4.78 is 4.62. The Morgan fingerprint density at radius 2 is 2.36 bits per heavy atom. The first kappa shape index (κ1) is 8.34. The molecule has 1 aliphatic heterocycles. The average molecular weight is 197 g/mol. The molecule has 0 aromatic carbocycles. The number of hydrogen-bond acceptors (Lipinski definition) is 6. The lowest BCUT2D eigenvalue weighted by atomic mass is 9.81. The monoisotopic (exact) mass is 197 g/mol. The van der Waals surface area contributed by atoms with E-state index in [4.69, 9.17) is 0 Å². The Morgan fingerprint density at radius 1 is 1.50 bits per heavy atom. The van der Waals surface area contributed by atoms with E-state index in [0.29, 0.717) is 31.5 Å². The van der Waals surface area contributed by atoms with Crippen molar-refractivity contribution in [2.75, 3.05) is 6.54 Å². The third-order valence-corrected chi connectivity index (χ3v) is 3.25. The topological polar surface area (TPSA) is 82.6 Å². The fourth-order valence-electron chi connectivity index (χ4n) is 2.49. The van der Waals surface area contributed by atoms with Gasteiger partial charge in [-0.15, -0.1) is 0 Å². The standard InChI is InChI=1S/C8H11N3O3/c12-8-3-4-11(13)6(8)2-1-5-7(8)10-14-9-5/h6,12-13H,1-4H2/t6-,8+/m1/s1. The van der Waals surface area contributed by atoms with Crippen molar-refractivity contribution >= 4 is 0 Å². The van der Waals surface area contributed by atoms with Gasteiger partial charge in [-0.1, -0.05) is 10.3 Å². The molecule has 6 heteroatoms. The van der Waals surface area contributed by atoms with Gasteiger partial charge in [0.15, 0.2) is 0 Å². The minimum absolute atomic E-state index is 0.262. The molecule has 6 nitrogen and oxygen atoms in total. The Labute approximate surface area is 80.0 Å². The van der Waals surface area contributed by atoms with Crippen LogP contribution in [-0.4, -0.2) is 38.3 Å². The van der Waals surface area contributed by atoms with Crippen molar-refractivity contribution in [3.63, 3.8) is 0 Å². The van der Waals surface area contributed by atoms with Crippen molar-refractivity contribution in [1.29, 1.82) is 0 Å². The largest absolute Gasteiger partial charge is 0.382 e. The molecule has 2 heterocycles. The fourth-order valence-corrected chi connectivity index (χ4v) is 2.49. The van der Waals surface area contributed by atoms with Gasteiger partial charge in [-0.3, -0.25) is 0 Å². The van der Waals surface area contributed by atoms with Gasteiger partial charge < -0.3 is 10.3 Å².